The normalized spacial score (nSPS) is 12.4. The zero-order valence-electron chi connectivity index (χ0n) is 26.7. The molecule has 0 aliphatic rings. The van der Waals surface area contributed by atoms with Crippen molar-refractivity contribution in [3.63, 3.8) is 0 Å². The van der Waals surface area contributed by atoms with Crippen LogP contribution in [0.1, 0.15) is 25.7 Å². The van der Waals surface area contributed by atoms with Crippen molar-refractivity contribution in [2.75, 3.05) is 125 Å². The lowest BCUT2D eigenvalue weighted by Crippen LogP contribution is -2.40. The number of rotatable bonds is 34. The van der Waals surface area contributed by atoms with Gasteiger partial charge in [0.25, 0.3) is 0 Å². The number of unbranched alkanes of at least 4 members (excludes halogenated alkanes) is 2. The third-order valence-electron chi connectivity index (χ3n) is 7.29. The smallest absolute Gasteiger partial charge is 0.303 e. The summed E-state index contributed by atoms with van der Waals surface area (Å²) in [5.74, 6) is -2.90. The van der Waals surface area contributed by atoms with E-state index >= 15 is 0 Å². The van der Waals surface area contributed by atoms with Crippen LogP contribution in [0.25, 0.3) is 0 Å². The molecular formula is C30H61NO14. The molecule has 0 saturated carbocycles. The molecule has 45 heavy (non-hydrogen) atoms. The van der Waals surface area contributed by atoms with Gasteiger partial charge in [0.05, 0.1) is 106 Å². The molecule has 0 aromatic heterocycles. The van der Waals surface area contributed by atoms with Gasteiger partial charge >= 0.3 is 5.97 Å². The van der Waals surface area contributed by atoms with Crippen LogP contribution in [0, 0.1) is 35.5 Å². The highest BCUT2D eigenvalue weighted by Crippen LogP contribution is 2.13. The topological polar surface area (TPSA) is 239 Å². The molecule has 0 bridgehead atoms. The molecule has 0 spiro atoms. The Hall–Kier alpha value is -1.05. The Morgan fingerprint density at radius 1 is 0.444 bits per heavy atom. The Balaban J connectivity index is 5.70. The highest BCUT2D eigenvalue weighted by atomic mass is 16.5. The molecule has 0 aliphatic heterocycles. The van der Waals surface area contributed by atoms with E-state index < -0.39 is 29.6 Å². The number of aliphatic hydroxyl groups is 8. The number of aliphatic hydroxyl groups excluding tert-OH is 8. The van der Waals surface area contributed by atoms with Crippen molar-refractivity contribution < 1.29 is 69.7 Å². The Labute approximate surface area is 267 Å². The molecule has 0 heterocycles. The molecule has 270 valence electrons. The molecule has 0 unspecified atom stereocenters. The van der Waals surface area contributed by atoms with Crippen molar-refractivity contribution in [2.24, 2.45) is 35.5 Å². The molecule has 9 N–H and O–H groups in total. The maximum atomic E-state index is 11.0. The second-order valence-corrected chi connectivity index (χ2v) is 11.8. The molecular weight excluding hydrogens is 598 g/mol. The van der Waals surface area contributed by atoms with Crippen LogP contribution in [-0.4, -0.2) is 182 Å². The van der Waals surface area contributed by atoms with Crippen molar-refractivity contribution in [3.05, 3.63) is 0 Å². The van der Waals surface area contributed by atoms with Gasteiger partial charge in [0.2, 0.25) is 0 Å². The van der Waals surface area contributed by atoms with E-state index in [0.29, 0.717) is 32.5 Å². The van der Waals surface area contributed by atoms with Crippen LogP contribution in [0.2, 0.25) is 0 Å². The molecule has 15 heteroatoms. The Kier molecular flexibility index (Phi) is 29.6. The van der Waals surface area contributed by atoms with Gasteiger partial charge in [-0.25, -0.2) is 0 Å². The highest BCUT2D eigenvalue weighted by Gasteiger charge is 2.22. The number of aliphatic carboxylic acids is 1. The number of ether oxygens (including phenoxy) is 4. The molecule has 0 radical (unpaired) electrons. The fraction of sp³-hybridized carbons (Fsp3) is 0.967. The Morgan fingerprint density at radius 3 is 1.00 bits per heavy atom. The van der Waals surface area contributed by atoms with E-state index in [9.17, 15) is 45.6 Å². The first-order valence-corrected chi connectivity index (χ1v) is 15.9. The second kappa shape index (κ2) is 30.3. The van der Waals surface area contributed by atoms with Gasteiger partial charge in [0.15, 0.2) is 0 Å². The molecule has 0 fully saturated rings. The number of hydrogen-bond acceptors (Lipinski definition) is 14. The first kappa shape index (κ1) is 43.9. The van der Waals surface area contributed by atoms with Crippen LogP contribution in [0.15, 0.2) is 0 Å². The molecule has 0 saturated heterocycles. The number of carboxylic acid groups (broad SMARTS) is 1. The van der Waals surface area contributed by atoms with Gasteiger partial charge in [0, 0.05) is 55.0 Å². The summed E-state index contributed by atoms with van der Waals surface area (Å²) in [5, 5.41) is 84.2. The van der Waals surface area contributed by atoms with E-state index in [1.54, 1.807) is 0 Å². The summed E-state index contributed by atoms with van der Waals surface area (Å²) < 4.78 is 23.3. The van der Waals surface area contributed by atoms with Gasteiger partial charge in [-0.1, -0.05) is 6.42 Å². The lowest BCUT2D eigenvalue weighted by atomic mass is 10.1. The van der Waals surface area contributed by atoms with Crippen molar-refractivity contribution in [1.82, 2.24) is 4.90 Å². The maximum Gasteiger partial charge on any atom is 0.303 e. The van der Waals surface area contributed by atoms with Crippen molar-refractivity contribution in [1.29, 1.82) is 0 Å². The van der Waals surface area contributed by atoms with Gasteiger partial charge in [-0.15, -0.1) is 0 Å². The molecule has 0 aliphatic carbocycles. The minimum atomic E-state index is -0.850. The quantitative estimate of drug-likeness (QED) is 0.0328. The predicted octanol–water partition coefficient (Wildman–Crippen LogP) is -2.36. The minimum Gasteiger partial charge on any atom is -0.481 e. The van der Waals surface area contributed by atoms with E-state index in [2.05, 4.69) is 4.90 Å². The summed E-state index contributed by atoms with van der Waals surface area (Å²) in [6, 6.07) is 0. The average Bonchev–Trinajstić information content (AvgIpc) is 3.04. The van der Waals surface area contributed by atoms with Crippen LogP contribution in [0.4, 0.5) is 0 Å². The molecule has 0 aromatic rings. The zero-order valence-corrected chi connectivity index (χ0v) is 26.7. The average molecular weight is 660 g/mol. The van der Waals surface area contributed by atoms with Gasteiger partial charge in [-0.05, 0) is 19.4 Å². The number of carboxylic acids is 1. The van der Waals surface area contributed by atoms with Crippen LogP contribution in [-0.2, 0) is 23.7 Å². The van der Waals surface area contributed by atoms with Gasteiger partial charge in [-0.2, -0.15) is 0 Å². The Bertz CT molecular complexity index is 570. The van der Waals surface area contributed by atoms with Gasteiger partial charge in [0.1, 0.15) is 0 Å². The van der Waals surface area contributed by atoms with E-state index in [-0.39, 0.29) is 124 Å². The standard InChI is InChI=1S/C30H61NO14/c32-8-26(9-33)20-42-16-24(17-43-21-27(10-34)11-35)6-31(5-3-1-2-4-30(40)41)7-25(18-44-22-28(12-36)13-37)19-45-23-29(14-38)15-39/h24-29,32-39H,1-23H2,(H,40,41). The number of hydrogen-bond donors (Lipinski definition) is 9. The predicted molar refractivity (Wildman–Crippen MR) is 163 cm³/mol. The van der Waals surface area contributed by atoms with Crippen molar-refractivity contribution >= 4 is 5.97 Å². The summed E-state index contributed by atoms with van der Waals surface area (Å²) in [7, 11) is 0. The SMILES string of the molecule is O=C(O)CCCCCN(CC(COCC(CO)CO)COCC(CO)CO)CC(COCC(CO)CO)COCC(CO)CO. The largest absolute Gasteiger partial charge is 0.481 e. The summed E-state index contributed by atoms with van der Waals surface area (Å²) in [6.45, 7) is 1.37. The summed E-state index contributed by atoms with van der Waals surface area (Å²) in [5.41, 5.74) is 0. The Morgan fingerprint density at radius 2 is 0.733 bits per heavy atom. The van der Waals surface area contributed by atoms with Gasteiger partial charge in [-0.3, -0.25) is 4.79 Å². The first-order valence-electron chi connectivity index (χ1n) is 15.9. The first-order chi connectivity index (χ1) is 21.8. The zero-order chi connectivity index (χ0) is 33.7. The minimum absolute atomic E-state index is 0.0795. The summed E-state index contributed by atoms with van der Waals surface area (Å²) in [6.07, 6.45) is 2.04. The van der Waals surface area contributed by atoms with Crippen LogP contribution < -0.4 is 0 Å². The highest BCUT2D eigenvalue weighted by molar-refractivity contribution is 5.66. The lowest BCUT2D eigenvalue weighted by Gasteiger charge is -2.31. The maximum absolute atomic E-state index is 11.0. The number of carbonyl (C=O) groups is 1. The summed E-state index contributed by atoms with van der Waals surface area (Å²) >= 11 is 0. The van der Waals surface area contributed by atoms with Crippen LogP contribution in [0.5, 0.6) is 0 Å². The van der Waals surface area contributed by atoms with E-state index in [1.165, 1.54) is 0 Å². The van der Waals surface area contributed by atoms with Crippen molar-refractivity contribution in [2.45, 2.75) is 25.7 Å². The van der Waals surface area contributed by atoms with E-state index in [1.807, 2.05) is 0 Å². The monoisotopic (exact) mass is 659 g/mol. The fourth-order valence-corrected chi connectivity index (χ4v) is 4.34. The van der Waals surface area contributed by atoms with Crippen LogP contribution in [0.3, 0.4) is 0 Å². The van der Waals surface area contributed by atoms with E-state index in [4.69, 9.17) is 24.1 Å². The molecule has 0 rings (SSSR count). The second-order valence-electron chi connectivity index (χ2n) is 11.8. The molecule has 0 amide bonds. The van der Waals surface area contributed by atoms with E-state index in [0.717, 1.165) is 6.42 Å². The fourth-order valence-electron chi connectivity index (χ4n) is 4.34. The molecule has 0 aromatic carbocycles. The van der Waals surface area contributed by atoms with Gasteiger partial charge < -0.3 is 69.8 Å². The molecule has 15 nitrogen and oxygen atoms in total. The lowest BCUT2D eigenvalue weighted by molar-refractivity contribution is -0.137. The third kappa shape index (κ3) is 23.9. The molecule has 0 atom stereocenters. The number of nitrogens with zero attached hydrogens (tertiary/aromatic N) is 1. The third-order valence-corrected chi connectivity index (χ3v) is 7.29. The van der Waals surface area contributed by atoms with Crippen LogP contribution >= 0.6 is 0 Å². The van der Waals surface area contributed by atoms with Crippen molar-refractivity contribution in [3.8, 4) is 0 Å². The summed E-state index contributed by atoms with van der Waals surface area (Å²) in [4.78, 5) is 13.1.